The van der Waals surface area contributed by atoms with Crippen LogP contribution in [-0.2, 0) is 16.6 Å². The van der Waals surface area contributed by atoms with Gasteiger partial charge in [-0.25, -0.2) is 9.37 Å². The van der Waals surface area contributed by atoms with Crippen LogP contribution in [0.5, 0.6) is 0 Å². The number of rotatable bonds is 4. The summed E-state index contributed by atoms with van der Waals surface area (Å²) in [5.41, 5.74) is 1.56. The number of hydrogen-bond acceptors (Lipinski definition) is 3. The highest BCUT2D eigenvalue weighted by atomic mass is 32.2. The molecule has 1 atom stereocenters. The van der Waals surface area contributed by atoms with Crippen LogP contribution in [0.4, 0.5) is 10.1 Å². The molecule has 0 amide bonds. The number of hydrogen-bond donors (Lipinski definition) is 1. The number of nitrogens with one attached hydrogen (secondary N) is 1. The lowest BCUT2D eigenvalue weighted by atomic mass is 10.2. The van der Waals surface area contributed by atoms with Gasteiger partial charge in [0.05, 0.1) is 16.6 Å². The second-order valence-corrected chi connectivity index (χ2v) is 5.42. The number of aromatic amines is 1. The van der Waals surface area contributed by atoms with Crippen molar-refractivity contribution in [3.8, 4) is 0 Å². The summed E-state index contributed by atoms with van der Waals surface area (Å²) >= 11 is 0. The minimum absolute atomic E-state index is 0.300. The Morgan fingerprint density at radius 3 is 2.83 bits per heavy atom. The lowest BCUT2D eigenvalue weighted by molar-refractivity contribution is 0.627. The maximum Gasteiger partial charge on any atom is 0.196 e. The molecular formula is C12H14FN3OS. The zero-order valence-electron chi connectivity index (χ0n) is 10.2. The van der Waals surface area contributed by atoms with E-state index in [1.807, 2.05) is 14.1 Å². The van der Waals surface area contributed by atoms with Crippen molar-refractivity contribution >= 4 is 16.5 Å². The highest BCUT2D eigenvalue weighted by Gasteiger charge is 2.12. The molecule has 1 aromatic heterocycles. The largest absolute Gasteiger partial charge is 0.377 e. The SMILES string of the molecule is CN(C)c1cc(F)ccc1CS(=O)c1ncc[nH]1. The molecule has 6 heteroatoms. The fourth-order valence-corrected chi connectivity index (χ4v) is 2.70. The van der Waals surface area contributed by atoms with Crippen molar-refractivity contribution in [2.75, 3.05) is 19.0 Å². The highest BCUT2D eigenvalue weighted by Crippen LogP contribution is 2.22. The number of benzene rings is 1. The van der Waals surface area contributed by atoms with Crippen LogP contribution >= 0.6 is 0 Å². The predicted octanol–water partition coefficient (Wildman–Crippen LogP) is 1.92. The maximum absolute atomic E-state index is 13.2. The summed E-state index contributed by atoms with van der Waals surface area (Å²) in [6, 6.07) is 4.47. The van der Waals surface area contributed by atoms with Crippen molar-refractivity contribution in [3.63, 3.8) is 0 Å². The Kier molecular flexibility index (Phi) is 3.76. The van der Waals surface area contributed by atoms with E-state index in [-0.39, 0.29) is 5.82 Å². The van der Waals surface area contributed by atoms with Crippen molar-refractivity contribution in [2.45, 2.75) is 10.9 Å². The van der Waals surface area contributed by atoms with Crippen molar-refractivity contribution in [2.24, 2.45) is 0 Å². The summed E-state index contributed by atoms with van der Waals surface area (Å²) < 4.78 is 25.2. The van der Waals surface area contributed by atoms with Crippen molar-refractivity contribution in [1.29, 1.82) is 0 Å². The molecule has 2 rings (SSSR count). The number of anilines is 1. The molecule has 0 aliphatic rings. The van der Waals surface area contributed by atoms with Gasteiger partial charge in [0.1, 0.15) is 5.82 Å². The van der Waals surface area contributed by atoms with E-state index in [0.717, 1.165) is 11.3 Å². The third-order valence-electron chi connectivity index (χ3n) is 2.50. The summed E-state index contributed by atoms with van der Waals surface area (Å²) in [5.74, 6) is 0.00707. The third-order valence-corrected chi connectivity index (χ3v) is 3.73. The van der Waals surface area contributed by atoms with Gasteiger partial charge in [0.25, 0.3) is 0 Å². The quantitative estimate of drug-likeness (QED) is 0.920. The van der Waals surface area contributed by atoms with E-state index in [1.54, 1.807) is 23.4 Å². The second kappa shape index (κ2) is 5.30. The fourth-order valence-electron chi connectivity index (χ4n) is 1.66. The number of nitrogens with zero attached hydrogens (tertiary/aromatic N) is 2. The first kappa shape index (κ1) is 12.8. The van der Waals surface area contributed by atoms with Crippen LogP contribution in [0.3, 0.4) is 0 Å². The van der Waals surface area contributed by atoms with E-state index in [2.05, 4.69) is 9.97 Å². The molecule has 0 aliphatic carbocycles. The van der Waals surface area contributed by atoms with E-state index < -0.39 is 10.8 Å². The molecular weight excluding hydrogens is 253 g/mol. The van der Waals surface area contributed by atoms with Crippen molar-refractivity contribution in [3.05, 3.63) is 42.0 Å². The van der Waals surface area contributed by atoms with Gasteiger partial charge in [0.15, 0.2) is 5.16 Å². The molecule has 0 aliphatic heterocycles. The van der Waals surface area contributed by atoms with Crippen molar-refractivity contribution in [1.82, 2.24) is 9.97 Å². The lowest BCUT2D eigenvalue weighted by Crippen LogP contribution is -2.13. The molecule has 2 aromatic rings. The molecule has 18 heavy (non-hydrogen) atoms. The minimum Gasteiger partial charge on any atom is -0.377 e. The number of aromatic nitrogens is 2. The van der Waals surface area contributed by atoms with Gasteiger partial charge < -0.3 is 9.88 Å². The maximum atomic E-state index is 13.2. The molecule has 0 saturated carbocycles. The Hall–Kier alpha value is -1.69. The molecule has 0 spiro atoms. The number of H-pyrrole nitrogens is 1. The second-order valence-electron chi connectivity index (χ2n) is 4.05. The molecule has 96 valence electrons. The molecule has 1 heterocycles. The van der Waals surface area contributed by atoms with Gasteiger partial charge in [-0.3, -0.25) is 4.21 Å². The van der Waals surface area contributed by atoms with Gasteiger partial charge in [-0.05, 0) is 17.7 Å². The van der Waals surface area contributed by atoms with E-state index >= 15 is 0 Å². The van der Waals surface area contributed by atoms with E-state index in [0.29, 0.717) is 10.9 Å². The lowest BCUT2D eigenvalue weighted by Gasteiger charge is -2.17. The van der Waals surface area contributed by atoms with Crippen LogP contribution in [0.15, 0.2) is 35.7 Å². The first-order chi connectivity index (χ1) is 8.58. The Labute approximate surface area is 107 Å². The Balaban J connectivity index is 2.26. The normalized spacial score (nSPS) is 12.4. The molecule has 1 aromatic carbocycles. The number of halogens is 1. The summed E-state index contributed by atoms with van der Waals surface area (Å²) in [5, 5.41) is 0.434. The first-order valence-electron chi connectivity index (χ1n) is 5.41. The average Bonchev–Trinajstić information content (AvgIpc) is 2.84. The van der Waals surface area contributed by atoms with Crippen LogP contribution < -0.4 is 4.90 Å². The zero-order valence-corrected chi connectivity index (χ0v) is 11.0. The highest BCUT2D eigenvalue weighted by molar-refractivity contribution is 7.84. The van der Waals surface area contributed by atoms with Gasteiger partial charge in [-0.2, -0.15) is 0 Å². The van der Waals surface area contributed by atoms with Gasteiger partial charge in [-0.15, -0.1) is 0 Å². The third kappa shape index (κ3) is 2.76. The van der Waals surface area contributed by atoms with Crippen LogP contribution in [-0.4, -0.2) is 28.3 Å². The summed E-state index contributed by atoms with van der Waals surface area (Å²) in [4.78, 5) is 8.58. The average molecular weight is 267 g/mol. The van der Waals surface area contributed by atoms with Gasteiger partial charge in [0, 0.05) is 32.2 Å². The molecule has 4 nitrogen and oxygen atoms in total. The topological polar surface area (TPSA) is 49.0 Å². The molecule has 0 radical (unpaired) electrons. The summed E-state index contributed by atoms with van der Waals surface area (Å²) in [7, 11) is 2.40. The Morgan fingerprint density at radius 1 is 1.44 bits per heavy atom. The van der Waals surface area contributed by atoms with E-state index in [1.165, 1.54) is 12.1 Å². The Morgan fingerprint density at radius 2 is 2.22 bits per heavy atom. The molecule has 0 bridgehead atoms. The van der Waals surface area contributed by atoms with Gasteiger partial charge in [0.2, 0.25) is 0 Å². The zero-order chi connectivity index (χ0) is 13.1. The molecule has 0 saturated heterocycles. The molecule has 1 unspecified atom stereocenters. The van der Waals surface area contributed by atoms with Gasteiger partial charge in [-0.1, -0.05) is 6.07 Å². The summed E-state index contributed by atoms with van der Waals surface area (Å²) in [6.07, 6.45) is 3.19. The van der Waals surface area contributed by atoms with Crippen LogP contribution in [0.1, 0.15) is 5.56 Å². The fraction of sp³-hybridized carbons (Fsp3) is 0.250. The first-order valence-corrected chi connectivity index (χ1v) is 6.73. The molecule has 1 N–H and O–H groups in total. The van der Waals surface area contributed by atoms with Crippen LogP contribution in [0.2, 0.25) is 0 Å². The number of imidazole rings is 1. The molecule has 0 fully saturated rings. The summed E-state index contributed by atoms with van der Waals surface area (Å²) in [6.45, 7) is 0. The van der Waals surface area contributed by atoms with E-state index in [9.17, 15) is 8.60 Å². The standard InChI is InChI=1S/C12H14FN3OS/c1-16(2)11-7-10(13)4-3-9(11)8-18(17)12-14-5-6-15-12/h3-7H,8H2,1-2H3,(H,14,15). The Bertz CT molecular complexity index is 554. The minimum atomic E-state index is -1.25. The van der Waals surface area contributed by atoms with Crippen molar-refractivity contribution < 1.29 is 8.60 Å². The van der Waals surface area contributed by atoms with Crippen LogP contribution in [0, 0.1) is 5.82 Å². The van der Waals surface area contributed by atoms with E-state index in [4.69, 9.17) is 0 Å². The van der Waals surface area contributed by atoms with Gasteiger partial charge >= 0.3 is 0 Å². The predicted molar refractivity (Wildman–Crippen MR) is 69.4 cm³/mol. The monoisotopic (exact) mass is 267 g/mol. The smallest absolute Gasteiger partial charge is 0.196 e. The van der Waals surface area contributed by atoms with Crippen LogP contribution in [0.25, 0.3) is 0 Å².